The van der Waals surface area contributed by atoms with Crippen LogP contribution in [0.2, 0.25) is 0 Å². The van der Waals surface area contributed by atoms with Crippen LogP contribution in [0, 0.1) is 5.92 Å². The molecule has 2 atom stereocenters. The summed E-state index contributed by atoms with van der Waals surface area (Å²) in [7, 11) is -3.36. The molecule has 2 rings (SSSR count). The lowest BCUT2D eigenvalue weighted by atomic mass is 10.1. The average molecular weight is 285 g/mol. The maximum atomic E-state index is 11.8. The van der Waals surface area contributed by atoms with Crippen molar-refractivity contribution < 1.29 is 18.3 Å². The van der Waals surface area contributed by atoms with E-state index in [1.54, 1.807) is 12.1 Å². The third-order valence-corrected chi connectivity index (χ3v) is 4.68. The standard InChI is InChI=1S/C13H19NO4S/c15-13(12-4-2-1-3-5-12)8-14-19(16,17)10-11-6-7-18-9-11/h1-5,11,13-15H,6-10H2/t11-,13-/m1/s1. The first-order chi connectivity index (χ1) is 9.07. The molecule has 0 saturated carbocycles. The summed E-state index contributed by atoms with van der Waals surface area (Å²) in [5.41, 5.74) is 0.703. The molecule has 106 valence electrons. The van der Waals surface area contributed by atoms with Gasteiger partial charge in [0.1, 0.15) is 0 Å². The Labute approximate surface area is 113 Å². The van der Waals surface area contributed by atoms with Gasteiger partial charge < -0.3 is 9.84 Å². The number of nitrogens with one attached hydrogen (secondary N) is 1. The van der Waals surface area contributed by atoms with Crippen LogP contribution in [-0.4, -0.2) is 39.0 Å². The zero-order valence-corrected chi connectivity index (χ0v) is 11.5. The van der Waals surface area contributed by atoms with Crippen molar-refractivity contribution in [3.63, 3.8) is 0 Å². The minimum absolute atomic E-state index is 0.0000756. The van der Waals surface area contributed by atoms with Crippen LogP contribution in [0.15, 0.2) is 30.3 Å². The molecule has 0 radical (unpaired) electrons. The molecule has 1 aliphatic heterocycles. The number of ether oxygens (including phenoxy) is 1. The fourth-order valence-corrected chi connectivity index (χ4v) is 3.50. The Morgan fingerprint density at radius 3 is 2.74 bits per heavy atom. The van der Waals surface area contributed by atoms with Crippen molar-refractivity contribution in [1.82, 2.24) is 4.72 Å². The average Bonchev–Trinajstić information content (AvgIpc) is 2.89. The van der Waals surface area contributed by atoms with Crippen LogP contribution >= 0.6 is 0 Å². The van der Waals surface area contributed by atoms with Crippen molar-refractivity contribution in [2.24, 2.45) is 5.92 Å². The molecule has 0 amide bonds. The topological polar surface area (TPSA) is 75.6 Å². The molecule has 5 nitrogen and oxygen atoms in total. The zero-order chi connectivity index (χ0) is 13.7. The van der Waals surface area contributed by atoms with Gasteiger partial charge in [0.25, 0.3) is 0 Å². The molecule has 0 aromatic heterocycles. The van der Waals surface area contributed by atoms with Crippen molar-refractivity contribution in [3.8, 4) is 0 Å². The number of aliphatic hydroxyl groups excluding tert-OH is 1. The van der Waals surface area contributed by atoms with E-state index in [1.165, 1.54) is 0 Å². The van der Waals surface area contributed by atoms with Gasteiger partial charge in [0.05, 0.1) is 18.5 Å². The second kappa shape index (κ2) is 6.47. The number of benzene rings is 1. The van der Waals surface area contributed by atoms with Gasteiger partial charge in [0, 0.05) is 13.2 Å². The van der Waals surface area contributed by atoms with Crippen molar-refractivity contribution in [1.29, 1.82) is 0 Å². The van der Waals surface area contributed by atoms with Crippen molar-refractivity contribution in [2.75, 3.05) is 25.5 Å². The Morgan fingerprint density at radius 1 is 1.37 bits per heavy atom. The first-order valence-electron chi connectivity index (χ1n) is 6.35. The Bertz CT molecular complexity index is 483. The first-order valence-corrected chi connectivity index (χ1v) is 8.00. The summed E-state index contributed by atoms with van der Waals surface area (Å²) in [6.07, 6.45) is -0.0434. The van der Waals surface area contributed by atoms with Crippen molar-refractivity contribution in [2.45, 2.75) is 12.5 Å². The van der Waals surface area contributed by atoms with Gasteiger partial charge >= 0.3 is 0 Å². The quantitative estimate of drug-likeness (QED) is 0.806. The smallest absolute Gasteiger partial charge is 0.212 e. The summed E-state index contributed by atoms with van der Waals surface area (Å²) in [5, 5.41) is 9.89. The monoisotopic (exact) mass is 285 g/mol. The van der Waals surface area contributed by atoms with Gasteiger partial charge in [-0.05, 0) is 17.9 Å². The molecule has 6 heteroatoms. The zero-order valence-electron chi connectivity index (χ0n) is 10.7. The summed E-state index contributed by atoms with van der Waals surface area (Å²) < 4.78 is 31.3. The van der Waals surface area contributed by atoms with E-state index in [9.17, 15) is 13.5 Å². The summed E-state index contributed by atoms with van der Waals surface area (Å²) >= 11 is 0. The van der Waals surface area contributed by atoms with Crippen LogP contribution in [0.4, 0.5) is 0 Å². The molecule has 1 aliphatic rings. The predicted molar refractivity (Wildman–Crippen MR) is 72.1 cm³/mol. The second-order valence-corrected chi connectivity index (χ2v) is 6.64. The van der Waals surface area contributed by atoms with E-state index < -0.39 is 16.1 Å². The van der Waals surface area contributed by atoms with Crippen molar-refractivity contribution in [3.05, 3.63) is 35.9 Å². The van der Waals surface area contributed by atoms with Crippen LogP contribution in [0.5, 0.6) is 0 Å². The van der Waals surface area contributed by atoms with Gasteiger partial charge in [-0.2, -0.15) is 0 Å². The van der Waals surface area contributed by atoms with Crippen LogP contribution < -0.4 is 4.72 Å². The van der Waals surface area contributed by atoms with Gasteiger partial charge in [-0.3, -0.25) is 0 Å². The Balaban J connectivity index is 1.83. The summed E-state index contributed by atoms with van der Waals surface area (Å²) in [5.74, 6) is 0.125. The van der Waals surface area contributed by atoms with Gasteiger partial charge in [0.2, 0.25) is 10.0 Å². The largest absolute Gasteiger partial charge is 0.387 e. The highest BCUT2D eigenvalue weighted by Gasteiger charge is 2.23. The van der Waals surface area contributed by atoms with Gasteiger partial charge in [-0.1, -0.05) is 30.3 Å². The van der Waals surface area contributed by atoms with Crippen LogP contribution in [0.3, 0.4) is 0 Å². The number of sulfonamides is 1. The molecule has 0 unspecified atom stereocenters. The highest BCUT2D eigenvalue weighted by Crippen LogP contribution is 2.15. The predicted octanol–water partition coefficient (Wildman–Crippen LogP) is 0.676. The van der Waals surface area contributed by atoms with Crippen molar-refractivity contribution >= 4 is 10.0 Å². The Hall–Kier alpha value is -0.950. The molecule has 1 fully saturated rings. The minimum Gasteiger partial charge on any atom is -0.387 e. The molecule has 2 N–H and O–H groups in total. The Morgan fingerprint density at radius 2 is 2.11 bits per heavy atom. The molecule has 19 heavy (non-hydrogen) atoms. The molecule has 1 aromatic carbocycles. The first kappa shape index (κ1) is 14.5. The molecular weight excluding hydrogens is 266 g/mol. The highest BCUT2D eigenvalue weighted by molar-refractivity contribution is 7.89. The van der Waals surface area contributed by atoms with E-state index in [-0.39, 0.29) is 18.2 Å². The van der Waals surface area contributed by atoms with Crippen LogP contribution in [0.1, 0.15) is 18.1 Å². The number of hydrogen-bond donors (Lipinski definition) is 2. The second-order valence-electron chi connectivity index (χ2n) is 4.79. The van der Waals surface area contributed by atoms with E-state index in [0.717, 1.165) is 6.42 Å². The van der Waals surface area contributed by atoms with E-state index in [4.69, 9.17) is 4.74 Å². The highest BCUT2D eigenvalue weighted by atomic mass is 32.2. The maximum absolute atomic E-state index is 11.8. The van der Waals surface area contributed by atoms with E-state index in [1.807, 2.05) is 18.2 Å². The SMILES string of the molecule is O=S(=O)(C[C@@H]1CCOC1)NC[C@@H](O)c1ccccc1. The maximum Gasteiger partial charge on any atom is 0.212 e. The minimum atomic E-state index is -3.36. The summed E-state index contributed by atoms with van der Waals surface area (Å²) in [4.78, 5) is 0. The van der Waals surface area contributed by atoms with Gasteiger partial charge in [0.15, 0.2) is 0 Å². The molecule has 1 aromatic rings. The summed E-state index contributed by atoms with van der Waals surface area (Å²) in [6.45, 7) is 1.13. The van der Waals surface area contributed by atoms with Crippen LogP contribution in [-0.2, 0) is 14.8 Å². The summed E-state index contributed by atoms with van der Waals surface area (Å²) in [6, 6.07) is 9.00. The fraction of sp³-hybridized carbons (Fsp3) is 0.538. The molecule has 0 aliphatic carbocycles. The molecule has 1 heterocycles. The van der Waals surface area contributed by atoms with E-state index in [0.29, 0.717) is 18.8 Å². The van der Waals surface area contributed by atoms with E-state index >= 15 is 0 Å². The lowest BCUT2D eigenvalue weighted by Crippen LogP contribution is -2.33. The van der Waals surface area contributed by atoms with Gasteiger partial charge in [-0.25, -0.2) is 13.1 Å². The van der Waals surface area contributed by atoms with Gasteiger partial charge in [-0.15, -0.1) is 0 Å². The van der Waals surface area contributed by atoms with Crippen LogP contribution in [0.25, 0.3) is 0 Å². The third-order valence-electron chi connectivity index (χ3n) is 3.16. The molecule has 1 saturated heterocycles. The number of rotatable bonds is 6. The number of hydrogen-bond acceptors (Lipinski definition) is 4. The van der Waals surface area contributed by atoms with E-state index in [2.05, 4.69) is 4.72 Å². The molecule has 0 bridgehead atoms. The normalized spacial score (nSPS) is 21.4. The lowest BCUT2D eigenvalue weighted by molar-refractivity contribution is 0.181. The lowest BCUT2D eigenvalue weighted by Gasteiger charge is -2.14. The molecular formula is C13H19NO4S. The molecule has 0 spiro atoms. The number of aliphatic hydroxyl groups is 1. The fourth-order valence-electron chi connectivity index (χ4n) is 2.08. The Kier molecular flexibility index (Phi) is 4.93. The third kappa shape index (κ3) is 4.58.